The van der Waals surface area contributed by atoms with Gasteiger partial charge in [0.05, 0.1) is 11.3 Å². The third-order valence-corrected chi connectivity index (χ3v) is 3.59. The van der Waals surface area contributed by atoms with Gasteiger partial charge < -0.3 is 10.0 Å². The van der Waals surface area contributed by atoms with E-state index in [1.54, 1.807) is 43.4 Å². The second kappa shape index (κ2) is 6.97. The number of carbonyl (C=O) groups is 1. The van der Waals surface area contributed by atoms with E-state index in [1.807, 2.05) is 6.07 Å². The van der Waals surface area contributed by atoms with Gasteiger partial charge in [-0.2, -0.15) is 5.26 Å². The van der Waals surface area contributed by atoms with Gasteiger partial charge in [0.1, 0.15) is 11.8 Å². The number of nitriles is 1. The molecule has 0 aliphatic carbocycles. The molecule has 1 amide bonds. The van der Waals surface area contributed by atoms with Crippen molar-refractivity contribution in [3.8, 4) is 11.8 Å². The zero-order valence-electron chi connectivity index (χ0n) is 12.1. The highest BCUT2D eigenvalue weighted by Crippen LogP contribution is 2.24. The quantitative estimate of drug-likeness (QED) is 0.939. The second-order valence-electron chi connectivity index (χ2n) is 4.90. The predicted octanol–water partition coefficient (Wildman–Crippen LogP) is 3.51. The Morgan fingerprint density at radius 3 is 2.77 bits per heavy atom. The topological polar surface area (TPSA) is 64.3 Å². The van der Waals surface area contributed by atoms with Crippen LogP contribution >= 0.6 is 11.6 Å². The summed E-state index contributed by atoms with van der Waals surface area (Å²) in [7, 11) is 1.62. The molecule has 0 bridgehead atoms. The maximum atomic E-state index is 12.3. The van der Waals surface area contributed by atoms with E-state index in [1.165, 1.54) is 4.90 Å². The smallest absolute Gasteiger partial charge is 0.227 e. The van der Waals surface area contributed by atoms with E-state index in [9.17, 15) is 9.90 Å². The van der Waals surface area contributed by atoms with Crippen molar-refractivity contribution in [2.24, 2.45) is 0 Å². The van der Waals surface area contributed by atoms with Gasteiger partial charge in [-0.15, -0.1) is 0 Å². The molecule has 0 radical (unpaired) electrons. The number of phenols is 1. The van der Waals surface area contributed by atoms with E-state index in [0.717, 1.165) is 5.56 Å². The van der Waals surface area contributed by atoms with E-state index in [2.05, 4.69) is 6.07 Å². The molecule has 0 heterocycles. The second-order valence-corrected chi connectivity index (χ2v) is 5.33. The van der Waals surface area contributed by atoms with Gasteiger partial charge in [-0.3, -0.25) is 4.79 Å². The van der Waals surface area contributed by atoms with Gasteiger partial charge in [0, 0.05) is 18.5 Å². The van der Waals surface area contributed by atoms with Gasteiger partial charge in [0.25, 0.3) is 0 Å². The van der Waals surface area contributed by atoms with Crippen LogP contribution in [0.1, 0.15) is 17.5 Å². The summed E-state index contributed by atoms with van der Waals surface area (Å²) in [6, 6.07) is 13.7. The van der Waals surface area contributed by atoms with Gasteiger partial charge in [-0.05, 0) is 42.3 Å². The van der Waals surface area contributed by atoms with Gasteiger partial charge in [-0.1, -0.05) is 23.7 Å². The Labute approximate surface area is 134 Å². The summed E-state index contributed by atoms with van der Waals surface area (Å²) >= 11 is 5.94. The first-order valence-electron chi connectivity index (χ1n) is 6.75. The number of hydrogen-bond acceptors (Lipinski definition) is 3. The first-order valence-corrected chi connectivity index (χ1v) is 7.13. The Kier molecular flexibility index (Phi) is 5.03. The molecule has 0 fully saturated rings. The Balaban J connectivity index is 2.10. The lowest BCUT2D eigenvalue weighted by Gasteiger charge is -2.19. The molecule has 0 aliphatic rings. The van der Waals surface area contributed by atoms with Crippen molar-refractivity contribution in [3.63, 3.8) is 0 Å². The SMILES string of the molecule is CN(C(=O)CCc1cccc(O)c1)c1cc(Cl)ccc1C#N. The van der Waals surface area contributed by atoms with E-state index >= 15 is 0 Å². The zero-order chi connectivity index (χ0) is 16.1. The number of hydrogen-bond donors (Lipinski definition) is 1. The number of rotatable bonds is 4. The van der Waals surface area contributed by atoms with Crippen LogP contribution in [0.25, 0.3) is 0 Å². The maximum Gasteiger partial charge on any atom is 0.227 e. The Bertz CT molecular complexity index is 738. The summed E-state index contributed by atoms with van der Waals surface area (Å²) in [4.78, 5) is 13.7. The molecule has 2 aromatic carbocycles. The molecule has 1 N–H and O–H groups in total. The number of nitrogens with zero attached hydrogens (tertiary/aromatic N) is 2. The van der Waals surface area contributed by atoms with E-state index in [4.69, 9.17) is 16.9 Å². The minimum absolute atomic E-state index is 0.123. The fraction of sp³-hybridized carbons (Fsp3) is 0.176. The number of halogens is 1. The van der Waals surface area contributed by atoms with Crippen molar-refractivity contribution < 1.29 is 9.90 Å². The molecule has 0 unspecified atom stereocenters. The minimum atomic E-state index is -0.123. The minimum Gasteiger partial charge on any atom is -0.508 e. The lowest BCUT2D eigenvalue weighted by Crippen LogP contribution is -2.27. The molecule has 0 spiro atoms. The van der Waals surface area contributed by atoms with Crippen molar-refractivity contribution in [2.45, 2.75) is 12.8 Å². The molecule has 4 nitrogen and oxygen atoms in total. The molecule has 2 aromatic rings. The normalized spacial score (nSPS) is 10.0. The van der Waals surface area contributed by atoms with E-state index in [0.29, 0.717) is 22.7 Å². The number of anilines is 1. The molecule has 5 heteroatoms. The van der Waals surface area contributed by atoms with E-state index < -0.39 is 0 Å². The van der Waals surface area contributed by atoms with Crippen LogP contribution < -0.4 is 4.90 Å². The largest absolute Gasteiger partial charge is 0.508 e. The van der Waals surface area contributed by atoms with E-state index in [-0.39, 0.29) is 18.1 Å². The van der Waals surface area contributed by atoms with Crippen LogP contribution in [0.15, 0.2) is 42.5 Å². The number of carbonyl (C=O) groups excluding carboxylic acids is 1. The summed E-state index contributed by atoms with van der Waals surface area (Å²) in [5, 5.41) is 19.0. The van der Waals surface area contributed by atoms with Crippen LogP contribution in [-0.2, 0) is 11.2 Å². The first kappa shape index (κ1) is 15.9. The number of benzene rings is 2. The summed E-state index contributed by atoms with van der Waals surface area (Å²) < 4.78 is 0. The average molecular weight is 315 g/mol. The summed E-state index contributed by atoms with van der Waals surface area (Å²) in [5.74, 6) is 0.0574. The highest BCUT2D eigenvalue weighted by molar-refractivity contribution is 6.31. The van der Waals surface area contributed by atoms with Gasteiger partial charge in [-0.25, -0.2) is 0 Å². The number of aromatic hydroxyl groups is 1. The Morgan fingerprint density at radius 1 is 1.32 bits per heavy atom. The van der Waals surface area contributed by atoms with Gasteiger partial charge in [0.2, 0.25) is 5.91 Å². The molecular weight excluding hydrogens is 300 g/mol. The predicted molar refractivity (Wildman–Crippen MR) is 86.0 cm³/mol. The van der Waals surface area contributed by atoms with Crippen molar-refractivity contribution in [1.29, 1.82) is 5.26 Å². The molecule has 2 rings (SSSR count). The summed E-state index contributed by atoms with van der Waals surface area (Å²) in [6.07, 6.45) is 0.789. The van der Waals surface area contributed by atoms with Crippen LogP contribution in [0, 0.1) is 11.3 Å². The third-order valence-electron chi connectivity index (χ3n) is 3.35. The standard InChI is InChI=1S/C17H15ClN2O2/c1-20(16-10-14(18)7-6-13(16)11-19)17(22)8-5-12-3-2-4-15(21)9-12/h2-4,6-7,9-10,21H,5,8H2,1H3. The van der Waals surface area contributed by atoms with Crippen LogP contribution in [0.5, 0.6) is 5.75 Å². The molecule has 0 saturated carbocycles. The van der Waals surface area contributed by atoms with Gasteiger partial charge >= 0.3 is 0 Å². The third kappa shape index (κ3) is 3.78. The monoisotopic (exact) mass is 314 g/mol. The molecular formula is C17H15ClN2O2. The molecule has 0 aliphatic heterocycles. The van der Waals surface area contributed by atoms with Gasteiger partial charge in [0.15, 0.2) is 0 Å². The first-order chi connectivity index (χ1) is 10.5. The summed E-state index contributed by atoms with van der Waals surface area (Å²) in [6.45, 7) is 0. The van der Waals surface area contributed by atoms with Crippen LogP contribution in [0.3, 0.4) is 0 Å². The molecule has 0 atom stereocenters. The van der Waals surface area contributed by atoms with Crippen LogP contribution in [0.2, 0.25) is 5.02 Å². The molecule has 22 heavy (non-hydrogen) atoms. The fourth-order valence-corrected chi connectivity index (χ4v) is 2.31. The molecule has 0 saturated heterocycles. The average Bonchev–Trinajstić information content (AvgIpc) is 2.52. The van der Waals surface area contributed by atoms with Crippen LogP contribution in [0.4, 0.5) is 5.69 Å². The highest BCUT2D eigenvalue weighted by atomic mass is 35.5. The zero-order valence-corrected chi connectivity index (χ0v) is 12.8. The van der Waals surface area contributed by atoms with Crippen molar-refractivity contribution >= 4 is 23.2 Å². The van der Waals surface area contributed by atoms with Crippen molar-refractivity contribution in [1.82, 2.24) is 0 Å². The van der Waals surface area contributed by atoms with Crippen molar-refractivity contribution in [2.75, 3.05) is 11.9 Å². The lowest BCUT2D eigenvalue weighted by atomic mass is 10.1. The molecule has 0 aromatic heterocycles. The Morgan fingerprint density at radius 2 is 2.09 bits per heavy atom. The summed E-state index contributed by atoms with van der Waals surface area (Å²) in [5.41, 5.74) is 1.78. The van der Waals surface area contributed by atoms with Crippen LogP contribution in [-0.4, -0.2) is 18.1 Å². The number of aryl methyl sites for hydroxylation is 1. The lowest BCUT2D eigenvalue weighted by molar-refractivity contribution is -0.118. The Hall–Kier alpha value is -2.51. The maximum absolute atomic E-state index is 12.3. The number of phenolic OH excluding ortho intramolecular Hbond substituents is 1. The van der Waals surface area contributed by atoms with Crippen molar-refractivity contribution in [3.05, 3.63) is 58.6 Å². The fourth-order valence-electron chi connectivity index (χ4n) is 2.14. The number of amides is 1. The highest BCUT2D eigenvalue weighted by Gasteiger charge is 2.15. The molecule has 112 valence electrons.